The van der Waals surface area contributed by atoms with Crippen molar-refractivity contribution in [1.82, 2.24) is 9.38 Å². The van der Waals surface area contributed by atoms with Crippen molar-refractivity contribution < 1.29 is 9.90 Å². The van der Waals surface area contributed by atoms with Gasteiger partial charge in [-0.3, -0.25) is 4.79 Å². The molecule has 1 atom stereocenters. The van der Waals surface area contributed by atoms with Gasteiger partial charge in [0.25, 0.3) is 0 Å². The van der Waals surface area contributed by atoms with Gasteiger partial charge in [0.2, 0.25) is 0 Å². The van der Waals surface area contributed by atoms with Gasteiger partial charge in [0.15, 0.2) is 0 Å². The van der Waals surface area contributed by atoms with Gasteiger partial charge >= 0.3 is 5.97 Å². The molecule has 2 aromatic heterocycles. The van der Waals surface area contributed by atoms with Crippen molar-refractivity contribution in [3.8, 4) is 0 Å². The van der Waals surface area contributed by atoms with Crippen molar-refractivity contribution >= 4 is 11.5 Å². The summed E-state index contributed by atoms with van der Waals surface area (Å²) >= 11 is 0. The van der Waals surface area contributed by atoms with Crippen molar-refractivity contribution in [2.75, 3.05) is 0 Å². The summed E-state index contributed by atoms with van der Waals surface area (Å²) in [4.78, 5) is 15.1. The number of carboxylic acid groups (broad SMARTS) is 1. The van der Waals surface area contributed by atoms with Crippen LogP contribution in [0, 0.1) is 0 Å². The molecule has 2 heterocycles. The summed E-state index contributed by atoms with van der Waals surface area (Å²) in [6, 6.07) is 2.49. The molecule has 2 rings (SSSR count). The lowest BCUT2D eigenvalue weighted by atomic mass is 10.1. The quantitative estimate of drug-likeness (QED) is 0.842. The fourth-order valence-corrected chi connectivity index (χ4v) is 1.80. The Morgan fingerprint density at radius 3 is 2.82 bits per heavy atom. The van der Waals surface area contributed by atoms with Gasteiger partial charge in [0, 0.05) is 12.1 Å². The van der Waals surface area contributed by atoms with E-state index >= 15 is 0 Å². The van der Waals surface area contributed by atoms with E-state index in [0.717, 1.165) is 11.3 Å². The van der Waals surface area contributed by atoms with Crippen molar-refractivity contribution in [1.29, 1.82) is 0 Å². The minimum atomic E-state index is -1.03. The second-order valence-electron chi connectivity index (χ2n) is 4.34. The van der Waals surface area contributed by atoms with E-state index in [9.17, 15) is 4.79 Å². The van der Waals surface area contributed by atoms with E-state index in [-0.39, 0.29) is 0 Å². The topological polar surface area (TPSA) is 80.6 Å². The highest BCUT2D eigenvalue weighted by molar-refractivity contribution is 5.75. The molecule has 90 valence electrons. The minimum absolute atomic E-state index is 0.316. The largest absolute Gasteiger partial charge is 0.480 e. The van der Waals surface area contributed by atoms with Crippen LogP contribution in [0.25, 0.3) is 5.52 Å². The lowest BCUT2D eigenvalue weighted by molar-refractivity contribution is -0.138. The van der Waals surface area contributed by atoms with Gasteiger partial charge in [-0.2, -0.15) is 0 Å². The maximum absolute atomic E-state index is 10.8. The van der Waals surface area contributed by atoms with Gasteiger partial charge < -0.3 is 15.2 Å². The fourth-order valence-electron chi connectivity index (χ4n) is 1.80. The molecule has 17 heavy (non-hydrogen) atoms. The standard InChI is InChI=1S/C12H15N3O2/c1-7(2)11-14-6-9-5-8(3-4-15(9)11)10(13)12(16)17/h3-7,10H,13H2,1-2H3,(H,16,17). The second kappa shape index (κ2) is 4.18. The third-order valence-electron chi connectivity index (χ3n) is 2.73. The SMILES string of the molecule is CC(C)c1ncc2cc(C(N)C(=O)O)ccn12. The average Bonchev–Trinajstić information content (AvgIpc) is 2.70. The van der Waals surface area contributed by atoms with Crippen molar-refractivity contribution in [3.05, 3.63) is 35.9 Å². The normalized spacial score (nSPS) is 13.2. The number of aliphatic carboxylic acids is 1. The first-order valence-electron chi connectivity index (χ1n) is 5.46. The number of carboxylic acids is 1. The Hall–Kier alpha value is -1.88. The van der Waals surface area contributed by atoms with Crippen LogP contribution in [0.3, 0.4) is 0 Å². The first-order valence-corrected chi connectivity index (χ1v) is 5.46. The molecule has 0 fully saturated rings. The first-order chi connectivity index (χ1) is 8.00. The second-order valence-corrected chi connectivity index (χ2v) is 4.34. The van der Waals surface area contributed by atoms with Gasteiger partial charge in [0.1, 0.15) is 11.9 Å². The molecule has 0 aliphatic carbocycles. The van der Waals surface area contributed by atoms with Gasteiger partial charge in [-0.05, 0) is 17.7 Å². The maximum Gasteiger partial charge on any atom is 0.325 e. The summed E-state index contributed by atoms with van der Waals surface area (Å²) in [6.07, 6.45) is 3.54. The lowest BCUT2D eigenvalue weighted by Crippen LogP contribution is -2.20. The molecule has 0 aliphatic rings. The first kappa shape index (κ1) is 11.6. The molecule has 5 nitrogen and oxygen atoms in total. The molecule has 5 heteroatoms. The summed E-state index contributed by atoms with van der Waals surface area (Å²) in [6.45, 7) is 4.12. The van der Waals surface area contributed by atoms with E-state index in [1.54, 1.807) is 18.3 Å². The predicted octanol–water partition coefficient (Wildman–Crippen LogP) is 1.54. The zero-order chi connectivity index (χ0) is 12.6. The predicted molar refractivity (Wildman–Crippen MR) is 63.8 cm³/mol. The number of nitrogens with zero attached hydrogens (tertiary/aromatic N) is 2. The molecule has 0 aromatic carbocycles. The van der Waals surface area contributed by atoms with Crippen molar-refractivity contribution in [3.63, 3.8) is 0 Å². The number of imidazole rings is 1. The smallest absolute Gasteiger partial charge is 0.325 e. The van der Waals surface area contributed by atoms with Crippen molar-refractivity contribution in [2.24, 2.45) is 5.73 Å². The lowest BCUT2D eigenvalue weighted by Gasteiger charge is -2.08. The van der Waals surface area contributed by atoms with Crippen LogP contribution in [0.4, 0.5) is 0 Å². The number of rotatable bonds is 3. The molecule has 3 N–H and O–H groups in total. The number of carbonyl (C=O) groups is 1. The number of hydrogen-bond donors (Lipinski definition) is 2. The van der Waals surface area contributed by atoms with Crippen LogP contribution in [0.1, 0.15) is 37.2 Å². The Labute approximate surface area is 98.9 Å². The Bertz CT molecular complexity index is 560. The molecule has 0 bridgehead atoms. The molecule has 2 aromatic rings. The van der Waals surface area contributed by atoms with Crippen molar-refractivity contribution in [2.45, 2.75) is 25.8 Å². The molecule has 0 aliphatic heterocycles. The zero-order valence-corrected chi connectivity index (χ0v) is 9.79. The molecule has 0 saturated heterocycles. The molecule has 0 amide bonds. The Morgan fingerprint density at radius 1 is 1.53 bits per heavy atom. The van der Waals surface area contributed by atoms with Crippen LogP contribution < -0.4 is 5.73 Å². The van der Waals surface area contributed by atoms with E-state index in [1.165, 1.54) is 0 Å². The van der Waals surface area contributed by atoms with Crippen LogP contribution in [0.15, 0.2) is 24.5 Å². The third-order valence-corrected chi connectivity index (χ3v) is 2.73. The van der Waals surface area contributed by atoms with Gasteiger partial charge in [0.05, 0.1) is 11.7 Å². The van der Waals surface area contributed by atoms with Gasteiger partial charge in [-0.1, -0.05) is 13.8 Å². The number of hydrogen-bond acceptors (Lipinski definition) is 3. The molecular formula is C12H15N3O2. The molecule has 0 radical (unpaired) electrons. The van der Waals surface area contributed by atoms with Crippen LogP contribution >= 0.6 is 0 Å². The van der Waals surface area contributed by atoms with Crippen LogP contribution in [-0.2, 0) is 4.79 Å². The van der Waals surface area contributed by atoms with E-state index in [4.69, 9.17) is 10.8 Å². The summed E-state index contributed by atoms with van der Waals surface area (Å²) in [7, 11) is 0. The van der Waals surface area contributed by atoms with E-state index in [1.807, 2.05) is 10.6 Å². The summed E-state index contributed by atoms with van der Waals surface area (Å²) in [5.74, 6) is 0.241. The van der Waals surface area contributed by atoms with Crippen LogP contribution in [0.5, 0.6) is 0 Å². The van der Waals surface area contributed by atoms with E-state index in [2.05, 4.69) is 18.8 Å². The monoisotopic (exact) mass is 233 g/mol. The number of nitrogens with two attached hydrogens (primary N) is 1. The highest BCUT2D eigenvalue weighted by Crippen LogP contribution is 2.19. The van der Waals surface area contributed by atoms with Crippen LogP contribution in [0.2, 0.25) is 0 Å². The maximum atomic E-state index is 10.8. The van der Waals surface area contributed by atoms with Gasteiger partial charge in [-0.15, -0.1) is 0 Å². The molecule has 1 unspecified atom stereocenters. The summed E-state index contributed by atoms with van der Waals surface area (Å²) in [5, 5.41) is 8.85. The number of fused-ring (bicyclic) bond motifs is 1. The Kier molecular flexibility index (Phi) is 2.85. The Morgan fingerprint density at radius 2 is 2.24 bits per heavy atom. The average molecular weight is 233 g/mol. The van der Waals surface area contributed by atoms with Crippen LogP contribution in [-0.4, -0.2) is 20.5 Å². The molecule has 0 saturated carbocycles. The zero-order valence-electron chi connectivity index (χ0n) is 9.79. The summed E-state index contributed by atoms with van der Waals surface area (Å²) < 4.78 is 1.95. The summed E-state index contributed by atoms with van der Waals surface area (Å²) in [5.41, 5.74) is 7.01. The molecule has 0 spiro atoms. The van der Waals surface area contributed by atoms with Gasteiger partial charge in [-0.25, -0.2) is 4.98 Å². The minimum Gasteiger partial charge on any atom is -0.480 e. The third kappa shape index (κ3) is 2.01. The molecular weight excluding hydrogens is 218 g/mol. The highest BCUT2D eigenvalue weighted by Gasteiger charge is 2.15. The fraction of sp³-hybridized carbons (Fsp3) is 0.333. The number of aromatic nitrogens is 2. The Balaban J connectivity index is 2.49. The number of pyridine rings is 1. The van der Waals surface area contributed by atoms with E-state index in [0.29, 0.717) is 11.5 Å². The highest BCUT2D eigenvalue weighted by atomic mass is 16.4. The van der Waals surface area contributed by atoms with E-state index < -0.39 is 12.0 Å².